The second-order valence-electron chi connectivity index (χ2n) is 19.7. The Kier molecular flexibility index (Phi) is 26.2. The molecule has 1 amide bonds. The average Bonchev–Trinajstić information content (AvgIpc) is 1.81. The molecule has 23 heteroatoms. The number of ether oxygens (including phenoxy) is 1. The molecule has 8 aromatic carbocycles. The summed E-state index contributed by atoms with van der Waals surface area (Å²) in [7, 11) is -7.40. The summed E-state index contributed by atoms with van der Waals surface area (Å²) in [4.78, 5) is 23.0. The Morgan fingerprint density at radius 3 is 1.43 bits per heavy atom. The number of fused-ring (bicyclic) bond motifs is 5. The maximum absolute atomic E-state index is 13.7. The summed E-state index contributed by atoms with van der Waals surface area (Å²) in [6.07, 6.45) is -0.413. The van der Waals surface area contributed by atoms with Crippen LogP contribution in [0.25, 0.3) is 50.4 Å². The number of carbonyl (C=O) groups excluding carboxylic acids is 1. The molecule has 13 rings (SSSR count). The van der Waals surface area contributed by atoms with E-state index in [9.17, 15) is 35.2 Å². The van der Waals surface area contributed by atoms with Crippen molar-refractivity contribution in [3.8, 4) is 0 Å². The molecule has 5 N–H and O–H groups in total. The number of carbonyl (C=O) groups is 2. The van der Waals surface area contributed by atoms with Gasteiger partial charge in [0.1, 0.15) is 20.5 Å². The minimum atomic E-state index is -3.90. The second-order valence-corrected chi connectivity index (χ2v) is 28.7. The molecule has 5 aromatic heterocycles. The zero-order chi connectivity index (χ0) is 61.0. The number of nitrogens with zero attached hydrogens (tertiary/aromatic N) is 1. The molecule has 5 heterocycles. The number of benzene rings is 8. The third-order valence-electron chi connectivity index (χ3n) is 12.1. The number of rotatable bonds is 10. The third-order valence-corrected chi connectivity index (χ3v) is 20.8. The van der Waals surface area contributed by atoms with E-state index in [0.717, 1.165) is 62.5 Å². The van der Waals surface area contributed by atoms with Gasteiger partial charge in [-0.2, -0.15) is 0 Å². The highest BCUT2D eigenvalue weighted by atomic mass is 35.5. The third kappa shape index (κ3) is 19.4. The number of nitrogens with two attached hydrogens (primary N) is 1. The number of nitrogens with one attached hydrogen (secondary N) is 2. The minimum Gasteiger partial charge on any atom is -1.00 e. The number of carboxylic acids is 1. The van der Waals surface area contributed by atoms with Crippen molar-refractivity contribution in [2.24, 2.45) is 0 Å². The number of amides is 1. The minimum absolute atomic E-state index is 0. The molecule has 0 saturated carbocycles. The van der Waals surface area contributed by atoms with Gasteiger partial charge in [-0.05, 0) is 150 Å². The van der Waals surface area contributed by atoms with E-state index in [1.807, 2.05) is 148 Å². The fourth-order valence-corrected chi connectivity index (χ4v) is 15.9. The lowest BCUT2D eigenvalue weighted by molar-refractivity contribution is 0.0634. The summed E-state index contributed by atoms with van der Waals surface area (Å²) >= 11 is 7.24. The van der Waals surface area contributed by atoms with Crippen molar-refractivity contribution < 1.29 is 46.5 Å². The Morgan fingerprint density at radius 2 is 0.967 bits per heavy atom. The maximum Gasteiger partial charge on any atom is 0.412 e. The number of nitrogen functional groups attached to an aromatic ring is 1. The van der Waals surface area contributed by atoms with E-state index in [1.165, 1.54) is 77.9 Å². The Labute approximate surface area is 552 Å². The molecule has 0 bridgehead atoms. The molecule has 13 aromatic rings. The van der Waals surface area contributed by atoms with Gasteiger partial charge in [0.05, 0.1) is 26.3 Å². The molecule has 0 aliphatic heterocycles. The van der Waals surface area contributed by atoms with E-state index in [1.54, 1.807) is 72.0 Å². The Bertz CT molecular complexity index is 4550. The molecule has 0 radical (unpaired) electrons. The van der Waals surface area contributed by atoms with Crippen LogP contribution in [0, 0.1) is 19.1 Å². The standard InChI is InChI=1S/C21H15F2NO2S2.C14H11NO2S2.C13H15NO2S.C9H6O2S.C8H7NS.CH4.CH3.BH4.ClH.H/c22-18-11-10-15(12-19(18)23)14-24(28(25,26)17-7-2-1-3-8-17)21-13-16-6-4-5-9-20(16)27-21;16-19(17,12-7-2-1-3-8-12)15-14-10-11-6-4-5-9-13(11)18-14;1-13(2,3)16-12(15)14-11-8-9-6-4-5-7-10(9)17-11;10-9(11)8-5-6-3-1-2-4-7(6)12-8;9-8-5-6-3-1-2-4-7(6)10-8;;;;;/h1-13H,14H2;1-10,15H;4-8H,1-3H3,(H,14,15);1-5H,(H,10,11);1-5H,9H2;1H4;1H3;1H4;1H;/q;;;;;;2*-1;;-1/i;;;;;;;;;1+1. The summed E-state index contributed by atoms with van der Waals surface area (Å²) in [6, 6.07) is 68.4. The van der Waals surface area contributed by atoms with Crippen molar-refractivity contribution in [1.29, 1.82) is 0 Å². The van der Waals surface area contributed by atoms with Crippen molar-refractivity contribution in [2.45, 2.75) is 50.1 Å². The summed E-state index contributed by atoms with van der Waals surface area (Å²) < 4.78 is 92.5. The monoisotopic (exact) mass is 1360 g/mol. The highest BCUT2D eigenvalue weighted by Crippen LogP contribution is 2.37. The quantitative estimate of drug-likeness (QED) is 0.0764. The van der Waals surface area contributed by atoms with Crippen LogP contribution in [0.15, 0.2) is 240 Å². The number of anilines is 4. The smallest absolute Gasteiger partial charge is 0.412 e. The molecule has 0 aliphatic rings. The molecule has 90 heavy (non-hydrogen) atoms. The number of thiophene rings is 5. The highest BCUT2D eigenvalue weighted by Gasteiger charge is 2.27. The number of halogens is 3. The largest absolute Gasteiger partial charge is 1.00 e. The lowest BCUT2D eigenvalue weighted by Gasteiger charge is -2.23. The lowest BCUT2D eigenvalue weighted by Crippen LogP contribution is -2.30. The molecule has 0 saturated heterocycles. The molecule has 0 unspecified atom stereocenters. The van der Waals surface area contributed by atoms with E-state index in [0.29, 0.717) is 20.4 Å². The average molecular weight is 1370 g/mol. The highest BCUT2D eigenvalue weighted by molar-refractivity contribution is 7.93. The predicted molar refractivity (Wildman–Crippen MR) is 387 cm³/mol. The van der Waals surface area contributed by atoms with E-state index >= 15 is 0 Å². The first-order valence-corrected chi connectivity index (χ1v) is 33.2. The predicted octanol–water partition coefficient (Wildman–Crippen LogP) is 18.8. The summed E-state index contributed by atoms with van der Waals surface area (Å²) in [5.41, 5.74) is 5.49. The van der Waals surface area contributed by atoms with Crippen molar-refractivity contribution in [2.75, 3.05) is 20.1 Å². The van der Waals surface area contributed by atoms with Gasteiger partial charge in [-0.25, -0.2) is 35.2 Å². The summed E-state index contributed by atoms with van der Waals surface area (Å²) in [6.45, 7) is 5.42. The van der Waals surface area contributed by atoms with Gasteiger partial charge < -0.3 is 24.4 Å². The first-order valence-electron chi connectivity index (χ1n) is 26.2. The van der Waals surface area contributed by atoms with Crippen LogP contribution < -0.4 is 20.1 Å². The van der Waals surface area contributed by atoms with Crippen LogP contribution in [-0.2, 0) is 31.3 Å². The molecule has 0 fully saturated rings. The van der Waals surface area contributed by atoms with Crippen LogP contribution >= 0.6 is 69.1 Å². The van der Waals surface area contributed by atoms with E-state index in [-0.39, 0.29) is 53.4 Å². The Hall–Kier alpha value is -8.19. The molecule has 472 valence electrons. The van der Waals surface area contributed by atoms with Gasteiger partial charge in [-0.3, -0.25) is 14.3 Å². The van der Waals surface area contributed by atoms with Crippen molar-refractivity contribution >= 4 is 180 Å². The van der Waals surface area contributed by atoms with Gasteiger partial charge in [0.15, 0.2) is 11.6 Å². The Morgan fingerprint density at radius 1 is 0.544 bits per heavy atom. The van der Waals surface area contributed by atoms with Gasteiger partial charge in [-0.15, -0.1) is 69.1 Å². The lowest BCUT2D eigenvalue weighted by atomic mass is 10.2. The van der Waals surface area contributed by atoms with Crippen molar-refractivity contribution in [3.05, 3.63) is 260 Å². The maximum atomic E-state index is 13.7. The molecular weight excluding hydrogens is 1300 g/mol. The molecular formula is C67H67BClF2N4O8S7-3. The van der Waals surface area contributed by atoms with Gasteiger partial charge >= 0.3 is 12.1 Å². The molecule has 0 atom stereocenters. The van der Waals surface area contributed by atoms with Gasteiger partial charge in [-0.1, -0.05) is 149 Å². The number of aromatic carboxylic acids is 1. The summed E-state index contributed by atoms with van der Waals surface area (Å²) in [5.74, 6) is -2.83. The van der Waals surface area contributed by atoms with Gasteiger partial charge in [0.2, 0.25) is 0 Å². The summed E-state index contributed by atoms with van der Waals surface area (Å²) in [5, 5.41) is 19.6. The Balaban J connectivity index is 0.000000250. The van der Waals surface area contributed by atoms with E-state index < -0.39 is 49.3 Å². The topological polar surface area (TPSA) is 185 Å². The van der Waals surface area contributed by atoms with Crippen LogP contribution in [0.1, 0.15) is 44.9 Å². The first kappa shape index (κ1) is 72.6. The number of hydrogen-bond acceptors (Lipinski definition) is 13. The molecule has 0 aliphatic carbocycles. The van der Waals surface area contributed by atoms with Crippen LogP contribution in [0.5, 0.6) is 0 Å². The van der Waals surface area contributed by atoms with E-state index in [2.05, 4.69) is 22.2 Å². The van der Waals surface area contributed by atoms with Crippen LogP contribution in [0.2, 0.25) is 0 Å². The van der Waals surface area contributed by atoms with Crippen LogP contribution in [0.4, 0.5) is 33.6 Å². The zero-order valence-electron chi connectivity index (χ0n) is 48.5. The first-order chi connectivity index (χ1) is 41.2. The second kappa shape index (κ2) is 32.5. The molecule has 0 spiro atoms. The van der Waals surface area contributed by atoms with Crippen molar-refractivity contribution in [1.82, 2.24) is 0 Å². The fraction of sp³-hybridized carbons (Fsp3) is 0.0896. The van der Waals surface area contributed by atoms with Crippen molar-refractivity contribution in [3.63, 3.8) is 0 Å². The SMILES string of the molecule is C.CC(C)(C)OC(=O)Nc1cc2ccccc2s1.Cl.Nc1cc2ccccc2s1.O=C(O)c1cc2ccccc2s1.O=S(=O)(Nc1cc2ccccc2s1)c1ccccc1.O=S(=O)(c1ccccc1)N(Cc1ccc(F)c(F)c1)c1cc2ccccc2s1.[2H-].[BH4-].[CH3-]. The fourth-order valence-electron chi connectivity index (χ4n) is 8.26. The van der Waals surface area contributed by atoms with E-state index in [4.69, 9.17) is 15.6 Å². The molecule has 12 nitrogen and oxygen atoms in total. The van der Waals surface area contributed by atoms with Crippen LogP contribution in [-0.4, -0.2) is 48.0 Å². The van der Waals surface area contributed by atoms with Crippen LogP contribution in [0.3, 0.4) is 0 Å². The number of sulfonamides is 2. The van der Waals surface area contributed by atoms with Gasteiger partial charge in [0, 0.05) is 23.5 Å². The normalized spacial score (nSPS) is 10.8. The number of hydrogen-bond donors (Lipinski definition) is 4. The van der Waals surface area contributed by atoms with Gasteiger partial charge in [0.25, 0.3) is 20.0 Å². The zero-order valence-corrected chi connectivity index (χ0v) is 54.0. The number of carboxylic acid groups (broad SMARTS) is 1.